The molecule has 0 aliphatic carbocycles. The number of nitro benzene ring substituents is 1. The van der Waals surface area contributed by atoms with Crippen LogP contribution in [0.2, 0.25) is 0 Å². The number of aliphatic hydroxyl groups is 1. The summed E-state index contributed by atoms with van der Waals surface area (Å²) in [4.78, 5) is 26.0. The van der Waals surface area contributed by atoms with E-state index in [4.69, 9.17) is 5.11 Å². The number of hydrogen-bond donors (Lipinski definition) is 1. The standard InChI is InChI=1S/C12H10N2O5S/c1-19-12(16)8-2-7(3-9(4-8)14(17)18)10-6-20-11(5-15)13-10/h2-4,6,15H,5H2,1H3. The molecule has 7 nitrogen and oxygen atoms in total. The Balaban J connectivity index is 2.54. The zero-order chi connectivity index (χ0) is 14.7. The van der Waals surface area contributed by atoms with Gasteiger partial charge in [0.2, 0.25) is 0 Å². The molecule has 1 aromatic carbocycles. The fraction of sp³-hybridized carbons (Fsp3) is 0.167. The van der Waals surface area contributed by atoms with Gasteiger partial charge in [0.15, 0.2) is 0 Å². The Labute approximate surface area is 117 Å². The van der Waals surface area contributed by atoms with Crippen molar-refractivity contribution in [2.45, 2.75) is 6.61 Å². The second-order valence-corrected chi connectivity index (χ2v) is 4.74. The summed E-state index contributed by atoms with van der Waals surface area (Å²) in [5.74, 6) is -0.660. The quantitative estimate of drug-likeness (QED) is 0.525. The number of hydrogen-bond acceptors (Lipinski definition) is 7. The van der Waals surface area contributed by atoms with Crippen molar-refractivity contribution >= 4 is 23.0 Å². The molecule has 8 heteroatoms. The molecule has 0 fully saturated rings. The smallest absolute Gasteiger partial charge is 0.338 e. The summed E-state index contributed by atoms with van der Waals surface area (Å²) in [6.07, 6.45) is 0. The van der Waals surface area contributed by atoms with Gasteiger partial charge in [0.05, 0.1) is 29.9 Å². The highest BCUT2D eigenvalue weighted by Gasteiger charge is 2.17. The maximum absolute atomic E-state index is 11.5. The third-order valence-corrected chi connectivity index (χ3v) is 3.37. The lowest BCUT2D eigenvalue weighted by atomic mass is 10.1. The molecule has 2 rings (SSSR count). The van der Waals surface area contributed by atoms with Crippen LogP contribution in [0.15, 0.2) is 23.6 Å². The highest BCUT2D eigenvalue weighted by molar-refractivity contribution is 7.09. The summed E-state index contributed by atoms with van der Waals surface area (Å²) in [6.45, 7) is -0.205. The number of carbonyl (C=O) groups excluding carboxylic acids is 1. The zero-order valence-corrected chi connectivity index (χ0v) is 11.2. The Morgan fingerprint density at radius 2 is 2.25 bits per heavy atom. The Morgan fingerprint density at radius 1 is 1.50 bits per heavy atom. The lowest BCUT2D eigenvalue weighted by Crippen LogP contribution is -2.02. The van der Waals surface area contributed by atoms with Crippen LogP contribution in [0.25, 0.3) is 11.3 Å². The van der Waals surface area contributed by atoms with Crippen LogP contribution in [0.1, 0.15) is 15.4 Å². The maximum Gasteiger partial charge on any atom is 0.338 e. The van der Waals surface area contributed by atoms with Crippen LogP contribution in [0, 0.1) is 10.1 Å². The van der Waals surface area contributed by atoms with E-state index in [1.807, 2.05) is 0 Å². The largest absolute Gasteiger partial charge is 0.465 e. The normalized spacial score (nSPS) is 10.3. The summed E-state index contributed by atoms with van der Waals surface area (Å²) in [5, 5.41) is 22.0. The highest BCUT2D eigenvalue weighted by atomic mass is 32.1. The van der Waals surface area contributed by atoms with Gasteiger partial charge in [0.25, 0.3) is 5.69 Å². The number of carbonyl (C=O) groups is 1. The number of nitro groups is 1. The minimum atomic E-state index is -0.660. The van der Waals surface area contributed by atoms with Crippen LogP contribution in [0.4, 0.5) is 5.69 Å². The van der Waals surface area contributed by atoms with Gasteiger partial charge in [-0.05, 0) is 6.07 Å². The number of benzene rings is 1. The molecule has 0 aliphatic rings. The Morgan fingerprint density at radius 3 is 2.80 bits per heavy atom. The highest BCUT2D eigenvalue weighted by Crippen LogP contribution is 2.27. The van der Waals surface area contributed by atoms with Gasteiger partial charge in [-0.2, -0.15) is 0 Å². The van der Waals surface area contributed by atoms with Gasteiger partial charge < -0.3 is 9.84 Å². The molecule has 20 heavy (non-hydrogen) atoms. The Hall–Kier alpha value is -2.32. The molecule has 104 valence electrons. The van der Waals surface area contributed by atoms with Crippen LogP contribution in [0.5, 0.6) is 0 Å². The topological polar surface area (TPSA) is 103 Å². The van der Waals surface area contributed by atoms with Gasteiger partial charge >= 0.3 is 5.97 Å². The van der Waals surface area contributed by atoms with Gasteiger partial charge in [0, 0.05) is 23.1 Å². The van der Waals surface area contributed by atoms with E-state index in [0.717, 1.165) is 6.07 Å². The first kappa shape index (κ1) is 14.1. The third kappa shape index (κ3) is 2.81. The van der Waals surface area contributed by atoms with Crippen LogP contribution in [0.3, 0.4) is 0 Å². The molecule has 0 saturated carbocycles. The lowest BCUT2D eigenvalue weighted by molar-refractivity contribution is -0.384. The number of rotatable bonds is 4. The van der Waals surface area contributed by atoms with Gasteiger partial charge in [-0.1, -0.05) is 0 Å². The average molecular weight is 294 g/mol. The lowest BCUT2D eigenvalue weighted by Gasteiger charge is -2.03. The number of esters is 1. The predicted octanol–water partition coefficient (Wildman–Crippen LogP) is 2.00. The van der Waals surface area contributed by atoms with Crippen LogP contribution in [-0.4, -0.2) is 28.1 Å². The van der Waals surface area contributed by atoms with Gasteiger partial charge in [-0.15, -0.1) is 11.3 Å². The van der Waals surface area contributed by atoms with E-state index in [1.54, 1.807) is 5.38 Å². The van der Waals surface area contributed by atoms with Crippen molar-refractivity contribution < 1.29 is 19.6 Å². The van der Waals surface area contributed by atoms with Crippen molar-refractivity contribution in [1.82, 2.24) is 4.98 Å². The molecule has 0 saturated heterocycles. The first-order chi connectivity index (χ1) is 9.55. The summed E-state index contributed by atoms with van der Waals surface area (Å²) in [5.41, 5.74) is 0.750. The van der Waals surface area contributed by atoms with E-state index in [0.29, 0.717) is 16.3 Å². The van der Waals surface area contributed by atoms with E-state index in [9.17, 15) is 14.9 Å². The maximum atomic E-state index is 11.5. The summed E-state index contributed by atoms with van der Waals surface area (Å²) in [7, 11) is 1.20. The third-order valence-electron chi connectivity index (χ3n) is 2.53. The van der Waals surface area contributed by atoms with E-state index in [-0.39, 0.29) is 17.9 Å². The number of ether oxygens (including phenoxy) is 1. The number of thiazole rings is 1. The number of nitrogens with zero attached hydrogens (tertiary/aromatic N) is 2. The summed E-state index contributed by atoms with van der Waals surface area (Å²) >= 11 is 1.23. The second kappa shape index (κ2) is 5.76. The van der Waals surface area contributed by atoms with Crippen LogP contribution in [-0.2, 0) is 11.3 Å². The number of non-ortho nitro benzene ring substituents is 1. The molecule has 0 radical (unpaired) electrons. The number of aromatic nitrogens is 1. The molecule has 2 aromatic rings. The minimum Gasteiger partial charge on any atom is -0.465 e. The van der Waals surface area contributed by atoms with Crippen molar-refractivity contribution in [3.8, 4) is 11.3 Å². The first-order valence-corrected chi connectivity index (χ1v) is 6.36. The fourth-order valence-electron chi connectivity index (χ4n) is 1.62. The molecular weight excluding hydrogens is 284 g/mol. The minimum absolute atomic E-state index is 0.0789. The van der Waals surface area contributed by atoms with E-state index in [1.165, 1.54) is 30.6 Å². The number of methoxy groups -OCH3 is 1. The molecule has 0 bridgehead atoms. The molecule has 0 unspecified atom stereocenters. The Kier molecular flexibility index (Phi) is 4.06. The van der Waals surface area contributed by atoms with Crippen molar-refractivity contribution in [3.05, 3.63) is 44.3 Å². The van der Waals surface area contributed by atoms with Crippen LogP contribution < -0.4 is 0 Å². The molecule has 0 amide bonds. The monoisotopic (exact) mass is 294 g/mol. The fourth-order valence-corrected chi connectivity index (χ4v) is 2.28. The molecule has 0 aliphatic heterocycles. The SMILES string of the molecule is COC(=O)c1cc(-c2csc(CO)n2)cc([N+](=O)[O-])c1. The zero-order valence-electron chi connectivity index (χ0n) is 10.4. The Bertz CT molecular complexity index is 668. The molecule has 0 atom stereocenters. The van der Waals surface area contributed by atoms with Gasteiger partial charge in [-0.3, -0.25) is 10.1 Å². The van der Waals surface area contributed by atoms with Crippen molar-refractivity contribution in [2.75, 3.05) is 7.11 Å². The molecule has 1 aromatic heterocycles. The van der Waals surface area contributed by atoms with E-state index < -0.39 is 10.9 Å². The first-order valence-electron chi connectivity index (χ1n) is 5.48. The molecule has 1 heterocycles. The van der Waals surface area contributed by atoms with Gasteiger partial charge in [0.1, 0.15) is 5.01 Å². The van der Waals surface area contributed by atoms with Crippen LogP contribution >= 0.6 is 11.3 Å². The molecular formula is C12H10N2O5S. The molecule has 1 N–H and O–H groups in total. The number of aliphatic hydroxyl groups excluding tert-OH is 1. The van der Waals surface area contributed by atoms with Crippen molar-refractivity contribution in [1.29, 1.82) is 0 Å². The summed E-state index contributed by atoms with van der Waals surface area (Å²) in [6, 6.07) is 3.94. The van der Waals surface area contributed by atoms with E-state index in [2.05, 4.69) is 9.72 Å². The second-order valence-electron chi connectivity index (χ2n) is 3.80. The van der Waals surface area contributed by atoms with Crippen molar-refractivity contribution in [2.24, 2.45) is 0 Å². The van der Waals surface area contributed by atoms with E-state index >= 15 is 0 Å². The summed E-state index contributed by atoms with van der Waals surface area (Å²) < 4.78 is 4.57. The van der Waals surface area contributed by atoms with Gasteiger partial charge in [-0.25, -0.2) is 9.78 Å². The molecule has 0 spiro atoms. The van der Waals surface area contributed by atoms with Crippen molar-refractivity contribution in [3.63, 3.8) is 0 Å². The average Bonchev–Trinajstić information content (AvgIpc) is 2.94. The predicted molar refractivity (Wildman–Crippen MR) is 71.5 cm³/mol.